The van der Waals surface area contributed by atoms with E-state index in [1.165, 1.54) is 5.56 Å². The number of alkyl halides is 1. The van der Waals surface area contributed by atoms with Gasteiger partial charge >= 0.3 is 0 Å². The molecule has 1 atom stereocenters. The number of imidazole rings is 1. The fraction of sp³-hybridized carbons (Fsp3) is 0.250. The number of benzene rings is 1. The first-order valence-electron chi connectivity index (χ1n) is 6.73. The lowest BCUT2D eigenvalue weighted by molar-refractivity contribution is 0.876. The molecule has 1 unspecified atom stereocenters. The number of rotatable bonds is 2. The van der Waals surface area contributed by atoms with Crippen molar-refractivity contribution in [2.24, 2.45) is 0 Å². The Balaban J connectivity index is 2.33. The number of aryl methyl sites for hydroxylation is 2. The highest BCUT2D eigenvalue weighted by Crippen LogP contribution is 2.29. The molecule has 0 aliphatic carbocycles. The van der Waals surface area contributed by atoms with Crippen LogP contribution >= 0.6 is 27.5 Å². The van der Waals surface area contributed by atoms with Crippen molar-refractivity contribution < 1.29 is 0 Å². The van der Waals surface area contributed by atoms with Gasteiger partial charge in [0.25, 0.3) is 0 Å². The third-order valence-electron chi connectivity index (χ3n) is 3.43. The number of hydrogen-bond acceptors (Lipinski definition) is 2. The summed E-state index contributed by atoms with van der Waals surface area (Å²) in [5.74, 6) is 0.806. The van der Waals surface area contributed by atoms with E-state index in [0.717, 1.165) is 32.7 Å². The van der Waals surface area contributed by atoms with E-state index in [1.807, 2.05) is 30.7 Å². The molecule has 0 spiro atoms. The van der Waals surface area contributed by atoms with Crippen molar-refractivity contribution in [2.75, 3.05) is 0 Å². The zero-order valence-electron chi connectivity index (χ0n) is 12.1. The first kappa shape index (κ1) is 14.5. The van der Waals surface area contributed by atoms with Crippen LogP contribution in [0.25, 0.3) is 16.9 Å². The van der Waals surface area contributed by atoms with Gasteiger partial charge in [0, 0.05) is 10.7 Å². The Bertz CT molecular complexity index is 824. The van der Waals surface area contributed by atoms with Crippen molar-refractivity contribution in [3.63, 3.8) is 0 Å². The van der Waals surface area contributed by atoms with E-state index < -0.39 is 0 Å². The quantitative estimate of drug-likeness (QED) is 0.592. The van der Waals surface area contributed by atoms with Gasteiger partial charge in [0.15, 0.2) is 5.65 Å². The van der Waals surface area contributed by atoms with Crippen LogP contribution in [0.3, 0.4) is 0 Å². The average molecular weight is 365 g/mol. The minimum absolute atomic E-state index is 0.195. The van der Waals surface area contributed by atoms with Gasteiger partial charge in [0.1, 0.15) is 11.3 Å². The van der Waals surface area contributed by atoms with Crippen LogP contribution in [-0.4, -0.2) is 14.5 Å². The van der Waals surface area contributed by atoms with Crippen LogP contribution in [-0.2, 0) is 0 Å². The topological polar surface area (TPSA) is 30.7 Å². The summed E-state index contributed by atoms with van der Waals surface area (Å²) in [6.45, 7) is 6.00. The van der Waals surface area contributed by atoms with E-state index in [9.17, 15) is 0 Å². The van der Waals surface area contributed by atoms with Gasteiger partial charge in [-0.25, -0.2) is 9.97 Å². The Labute approximate surface area is 137 Å². The zero-order chi connectivity index (χ0) is 15.1. The predicted octanol–water partition coefficient (Wildman–Crippen LogP) is 5.10. The first-order chi connectivity index (χ1) is 9.97. The maximum atomic E-state index is 6.32. The second kappa shape index (κ2) is 5.43. The van der Waals surface area contributed by atoms with Crippen molar-refractivity contribution in [2.45, 2.75) is 26.1 Å². The van der Waals surface area contributed by atoms with Gasteiger partial charge in [-0.05, 0) is 50.1 Å². The average Bonchev–Trinajstić information content (AvgIpc) is 2.80. The van der Waals surface area contributed by atoms with Crippen molar-refractivity contribution in [3.8, 4) is 5.69 Å². The third-order valence-corrected chi connectivity index (χ3v) is 4.48. The number of hydrogen-bond donors (Lipinski definition) is 0. The normalized spacial score (nSPS) is 12.8. The summed E-state index contributed by atoms with van der Waals surface area (Å²) in [6.07, 6.45) is 1.85. The molecule has 0 bridgehead atoms. The van der Waals surface area contributed by atoms with Crippen LogP contribution in [0.15, 0.2) is 34.9 Å². The molecule has 0 saturated carbocycles. The van der Waals surface area contributed by atoms with Crippen LogP contribution < -0.4 is 0 Å². The number of nitrogens with zero attached hydrogens (tertiary/aromatic N) is 3. The lowest BCUT2D eigenvalue weighted by Gasteiger charge is -2.11. The smallest absolute Gasteiger partial charge is 0.164 e. The molecule has 3 aromatic rings. The lowest BCUT2D eigenvalue weighted by Crippen LogP contribution is -2.03. The molecule has 21 heavy (non-hydrogen) atoms. The molecule has 0 N–H and O–H groups in total. The molecular formula is C16H15BrClN3. The SMILES string of the molecule is Cc1cnc2c(c1)nc(C(C)Cl)n2-c1ccc(C)c(Br)c1. The standard InChI is InChI=1S/C16H15BrClN3/c1-9-6-14-16(19-8-9)21(15(20-14)11(3)18)12-5-4-10(2)13(17)7-12/h4-8,11H,1-3H3. The zero-order valence-corrected chi connectivity index (χ0v) is 14.4. The van der Waals surface area contributed by atoms with E-state index in [2.05, 4.69) is 51.0 Å². The maximum Gasteiger partial charge on any atom is 0.164 e. The van der Waals surface area contributed by atoms with Crippen LogP contribution in [0, 0.1) is 13.8 Å². The van der Waals surface area contributed by atoms with Gasteiger partial charge in [-0.2, -0.15) is 0 Å². The molecule has 108 valence electrons. The van der Waals surface area contributed by atoms with Crippen LogP contribution in [0.2, 0.25) is 0 Å². The van der Waals surface area contributed by atoms with Crippen LogP contribution in [0.4, 0.5) is 0 Å². The Morgan fingerprint density at radius 3 is 2.67 bits per heavy atom. The predicted molar refractivity (Wildman–Crippen MR) is 90.3 cm³/mol. The largest absolute Gasteiger partial charge is 0.279 e. The van der Waals surface area contributed by atoms with Gasteiger partial charge in [-0.15, -0.1) is 11.6 Å². The number of fused-ring (bicyclic) bond motifs is 1. The molecule has 5 heteroatoms. The van der Waals surface area contributed by atoms with Gasteiger partial charge < -0.3 is 0 Å². The third kappa shape index (κ3) is 2.58. The van der Waals surface area contributed by atoms with Crippen molar-refractivity contribution in [1.82, 2.24) is 14.5 Å². The summed E-state index contributed by atoms with van der Waals surface area (Å²) in [5.41, 5.74) is 4.99. The van der Waals surface area contributed by atoms with Crippen LogP contribution in [0.1, 0.15) is 29.3 Å². The number of pyridine rings is 1. The molecule has 2 heterocycles. The Hall–Kier alpha value is -1.39. The fourth-order valence-corrected chi connectivity index (χ4v) is 2.84. The summed E-state index contributed by atoms with van der Waals surface area (Å²) in [7, 11) is 0. The summed E-state index contributed by atoms with van der Waals surface area (Å²) in [6, 6.07) is 8.24. The van der Waals surface area contributed by atoms with Gasteiger partial charge in [-0.3, -0.25) is 4.57 Å². The summed E-state index contributed by atoms with van der Waals surface area (Å²) >= 11 is 9.90. The highest BCUT2D eigenvalue weighted by atomic mass is 79.9. The minimum Gasteiger partial charge on any atom is -0.279 e. The number of halogens is 2. The fourth-order valence-electron chi connectivity index (χ4n) is 2.33. The Kier molecular flexibility index (Phi) is 3.76. The molecule has 3 nitrogen and oxygen atoms in total. The van der Waals surface area contributed by atoms with Gasteiger partial charge in [0.05, 0.1) is 11.1 Å². The first-order valence-corrected chi connectivity index (χ1v) is 7.96. The monoisotopic (exact) mass is 363 g/mol. The van der Waals surface area contributed by atoms with Gasteiger partial charge in [0.2, 0.25) is 0 Å². The molecule has 0 aliphatic heterocycles. The molecule has 3 rings (SSSR count). The molecule has 0 aliphatic rings. The molecular weight excluding hydrogens is 350 g/mol. The Morgan fingerprint density at radius 2 is 2.00 bits per heavy atom. The van der Waals surface area contributed by atoms with E-state index in [-0.39, 0.29) is 5.38 Å². The minimum atomic E-state index is -0.195. The van der Waals surface area contributed by atoms with E-state index in [4.69, 9.17) is 11.6 Å². The maximum absolute atomic E-state index is 6.32. The van der Waals surface area contributed by atoms with Gasteiger partial charge in [-0.1, -0.05) is 22.0 Å². The lowest BCUT2D eigenvalue weighted by atomic mass is 10.2. The number of aromatic nitrogens is 3. The molecule has 0 fully saturated rings. The van der Waals surface area contributed by atoms with E-state index in [0.29, 0.717) is 0 Å². The molecule has 0 saturated heterocycles. The molecule has 1 aromatic carbocycles. The summed E-state index contributed by atoms with van der Waals surface area (Å²) in [4.78, 5) is 9.19. The molecule has 0 radical (unpaired) electrons. The van der Waals surface area contributed by atoms with Crippen molar-refractivity contribution in [3.05, 3.63) is 51.9 Å². The highest BCUT2D eigenvalue weighted by Gasteiger charge is 2.17. The van der Waals surface area contributed by atoms with Crippen molar-refractivity contribution >= 4 is 38.7 Å². The Morgan fingerprint density at radius 1 is 1.24 bits per heavy atom. The van der Waals surface area contributed by atoms with E-state index in [1.54, 1.807) is 0 Å². The second-order valence-corrected chi connectivity index (χ2v) is 6.72. The second-order valence-electron chi connectivity index (χ2n) is 5.21. The molecule has 0 amide bonds. The summed E-state index contributed by atoms with van der Waals surface area (Å²) < 4.78 is 3.08. The highest BCUT2D eigenvalue weighted by molar-refractivity contribution is 9.10. The summed E-state index contributed by atoms with van der Waals surface area (Å²) in [5, 5.41) is -0.195. The molecule has 2 aromatic heterocycles. The van der Waals surface area contributed by atoms with Crippen LogP contribution in [0.5, 0.6) is 0 Å². The van der Waals surface area contributed by atoms with E-state index >= 15 is 0 Å². The van der Waals surface area contributed by atoms with Crippen molar-refractivity contribution in [1.29, 1.82) is 0 Å².